The first-order valence-electron chi connectivity index (χ1n) is 8.42. The maximum atomic E-state index is 12.5. The molecule has 1 saturated heterocycles. The molecule has 3 rings (SSSR count). The zero-order valence-electron chi connectivity index (χ0n) is 15.4. The van der Waals surface area contributed by atoms with Crippen LogP contribution in [-0.4, -0.2) is 30.4 Å². The van der Waals surface area contributed by atoms with E-state index in [1.165, 1.54) is 0 Å². The number of halogens is 1. The van der Waals surface area contributed by atoms with Crippen LogP contribution in [0.4, 0.5) is 0 Å². The summed E-state index contributed by atoms with van der Waals surface area (Å²) in [7, 11) is 1.61. The Morgan fingerprint density at radius 1 is 1.19 bits per heavy atom. The number of hydroxylamine groups is 1. The van der Waals surface area contributed by atoms with Crippen molar-refractivity contribution in [3.63, 3.8) is 0 Å². The minimum absolute atomic E-state index is 0.116. The van der Waals surface area contributed by atoms with Crippen LogP contribution in [0.5, 0.6) is 11.5 Å². The molecule has 2 aromatic carbocycles. The second-order valence-electron chi connectivity index (χ2n) is 6.45. The average Bonchev–Trinajstić information content (AvgIpc) is 2.92. The summed E-state index contributed by atoms with van der Waals surface area (Å²) in [6.45, 7) is 3.59. The number of rotatable bonds is 6. The Morgan fingerprint density at radius 3 is 2.56 bits per heavy atom. The molecule has 8 heteroatoms. The highest BCUT2D eigenvalue weighted by molar-refractivity contribution is 14.1. The van der Waals surface area contributed by atoms with Crippen molar-refractivity contribution in [2.24, 2.45) is 0 Å². The van der Waals surface area contributed by atoms with Crippen molar-refractivity contribution >= 4 is 28.5 Å². The summed E-state index contributed by atoms with van der Waals surface area (Å²) in [6, 6.07) is 16.8. The van der Waals surface area contributed by atoms with Crippen LogP contribution in [0.1, 0.15) is 19.4 Å². The molecule has 1 unspecified atom stereocenters. The number of ether oxygens (including phenoxy) is 2. The van der Waals surface area contributed by atoms with Crippen LogP contribution in [-0.2, 0) is 13.3 Å². The summed E-state index contributed by atoms with van der Waals surface area (Å²) in [5.41, 5.74) is 5.94. The first kappa shape index (κ1) is 19.9. The lowest BCUT2D eigenvalue weighted by molar-refractivity contribution is -0.141. The number of amides is 1. The van der Waals surface area contributed by atoms with Crippen molar-refractivity contribution in [1.82, 2.24) is 15.9 Å². The van der Waals surface area contributed by atoms with Crippen LogP contribution in [0, 0.1) is 0 Å². The molecule has 1 amide bonds. The molecule has 0 radical (unpaired) electrons. The number of para-hydroxylation sites is 2. The van der Waals surface area contributed by atoms with Gasteiger partial charge in [-0.15, -0.1) is 0 Å². The molecule has 2 aromatic rings. The molecule has 0 aliphatic carbocycles. The van der Waals surface area contributed by atoms with Gasteiger partial charge in [0.05, 0.1) is 7.11 Å². The van der Waals surface area contributed by atoms with Crippen LogP contribution in [0.25, 0.3) is 0 Å². The highest BCUT2D eigenvalue weighted by Crippen LogP contribution is 2.45. The van der Waals surface area contributed by atoms with Gasteiger partial charge in [-0.25, -0.2) is 0 Å². The minimum atomic E-state index is -0.865. The number of alkyl halides is 1. The van der Waals surface area contributed by atoms with Gasteiger partial charge in [0.1, 0.15) is 11.5 Å². The van der Waals surface area contributed by atoms with E-state index >= 15 is 0 Å². The molecular formula is C19H22IN3O4. The fourth-order valence-electron chi connectivity index (χ4n) is 2.78. The Balaban J connectivity index is 1.79. The van der Waals surface area contributed by atoms with Crippen molar-refractivity contribution in [3.8, 4) is 11.5 Å². The maximum Gasteiger partial charge on any atom is 0.272 e. The topological polar surface area (TPSA) is 72.1 Å². The lowest BCUT2D eigenvalue weighted by Crippen LogP contribution is -2.59. The van der Waals surface area contributed by atoms with Gasteiger partial charge in [-0.2, -0.15) is 10.5 Å². The lowest BCUT2D eigenvalue weighted by Gasteiger charge is -2.37. The van der Waals surface area contributed by atoms with E-state index in [1.807, 2.05) is 56.3 Å². The Labute approximate surface area is 172 Å². The smallest absolute Gasteiger partial charge is 0.272 e. The summed E-state index contributed by atoms with van der Waals surface area (Å²) in [5.74, 6) is 1.02. The number of hydrogen-bond acceptors (Lipinski definition) is 6. The van der Waals surface area contributed by atoms with E-state index in [0.717, 1.165) is 5.56 Å². The molecule has 0 spiro atoms. The monoisotopic (exact) mass is 483 g/mol. The SMILES string of the molecule is COc1ccccc1C1(I)NOC(C)(C)N1NC(=O)COc1ccccc1. The van der Waals surface area contributed by atoms with Gasteiger partial charge in [0.25, 0.3) is 5.91 Å². The van der Waals surface area contributed by atoms with E-state index in [9.17, 15) is 4.79 Å². The molecule has 27 heavy (non-hydrogen) atoms. The van der Waals surface area contributed by atoms with E-state index in [1.54, 1.807) is 24.3 Å². The van der Waals surface area contributed by atoms with Crippen molar-refractivity contribution < 1.29 is 19.1 Å². The minimum Gasteiger partial charge on any atom is -0.496 e. The Bertz CT molecular complexity index is 803. The summed E-state index contributed by atoms with van der Waals surface area (Å²) in [6.07, 6.45) is 0. The standard InChI is InChI=1S/C19H22IN3O4/c1-18(2)23(21-17(24)13-26-14-9-5-4-6-10-14)19(20,22-27-18)15-11-7-8-12-16(15)25-3/h4-12,22H,13H2,1-3H3,(H,21,24). The van der Waals surface area contributed by atoms with Gasteiger partial charge in [-0.1, -0.05) is 36.4 Å². The molecule has 1 heterocycles. The van der Waals surface area contributed by atoms with Gasteiger partial charge in [-0.05, 0) is 54.6 Å². The largest absolute Gasteiger partial charge is 0.496 e. The van der Waals surface area contributed by atoms with Crippen LogP contribution < -0.4 is 20.4 Å². The number of carbonyl (C=O) groups excluding carboxylic acids is 1. The first-order valence-corrected chi connectivity index (χ1v) is 9.50. The molecule has 0 aromatic heterocycles. The van der Waals surface area contributed by atoms with Gasteiger partial charge in [0, 0.05) is 5.56 Å². The number of carbonyl (C=O) groups is 1. The fraction of sp³-hybridized carbons (Fsp3) is 0.316. The summed E-state index contributed by atoms with van der Waals surface area (Å²) in [4.78, 5) is 18.3. The molecule has 2 N–H and O–H groups in total. The van der Waals surface area contributed by atoms with Crippen molar-refractivity contribution in [2.75, 3.05) is 13.7 Å². The average molecular weight is 483 g/mol. The first-order chi connectivity index (χ1) is 12.9. The van der Waals surface area contributed by atoms with Crippen LogP contribution in [0.3, 0.4) is 0 Å². The Morgan fingerprint density at radius 2 is 1.85 bits per heavy atom. The Kier molecular flexibility index (Phi) is 5.89. The predicted molar refractivity (Wildman–Crippen MR) is 109 cm³/mol. The zero-order valence-corrected chi connectivity index (χ0v) is 17.5. The summed E-state index contributed by atoms with van der Waals surface area (Å²) in [5, 5.41) is 1.72. The number of hydrazine groups is 1. The second kappa shape index (κ2) is 8.01. The third-order valence-corrected chi connectivity index (χ3v) is 5.38. The van der Waals surface area contributed by atoms with Crippen molar-refractivity contribution in [1.29, 1.82) is 0 Å². The number of methoxy groups -OCH3 is 1. The van der Waals surface area contributed by atoms with E-state index < -0.39 is 9.39 Å². The van der Waals surface area contributed by atoms with E-state index in [-0.39, 0.29) is 12.5 Å². The van der Waals surface area contributed by atoms with Crippen LogP contribution in [0.2, 0.25) is 0 Å². The maximum absolute atomic E-state index is 12.5. The van der Waals surface area contributed by atoms with E-state index in [2.05, 4.69) is 33.5 Å². The quantitative estimate of drug-likeness (QED) is 0.374. The molecule has 1 fully saturated rings. The third kappa shape index (κ3) is 4.18. The highest BCUT2D eigenvalue weighted by Gasteiger charge is 2.54. The number of benzene rings is 2. The van der Waals surface area contributed by atoms with Crippen LogP contribution in [0.15, 0.2) is 54.6 Å². The molecular weight excluding hydrogens is 461 g/mol. The van der Waals surface area contributed by atoms with Gasteiger partial charge in [0.15, 0.2) is 16.0 Å². The zero-order chi connectivity index (χ0) is 19.5. The predicted octanol–water partition coefficient (Wildman–Crippen LogP) is 2.92. The van der Waals surface area contributed by atoms with E-state index in [0.29, 0.717) is 11.5 Å². The number of nitrogens with one attached hydrogen (secondary N) is 2. The van der Waals surface area contributed by atoms with Crippen LogP contribution >= 0.6 is 22.6 Å². The number of nitrogens with zero attached hydrogens (tertiary/aromatic N) is 1. The Hall–Kier alpha value is -1.88. The number of hydrogen-bond donors (Lipinski definition) is 2. The summed E-state index contributed by atoms with van der Waals surface area (Å²) >= 11 is 2.19. The molecule has 1 aliphatic rings. The third-order valence-electron chi connectivity index (χ3n) is 4.10. The van der Waals surface area contributed by atoms with Gasteiger partial charge in [-0.3, -0.25) is 15.1 Å². The second-order valence-corrected chi connectivity index (χ2v) is 8.01. The normalized spacial score (nSPS) is 21.6. The van der Waals surface area contributed by atoms with Gasteiger partial charge in [0.2, 0.25) is 0 Å². The molecule has 144 valence electrons. The summed E-state index contributed by atoms with van der Waals surface area (Å²) < 4.78 is 10.2. The lowest BCUT2D eigenvalue weighted by atomic mass is 10.1. The van der Waals surface area contributed by atoms with E-state index in [4.69, 9.17) is 14.3 Å². The van der Waals surface area contributed by atoms with Gasteiger partial charge >= 0.3 is 0 Å². The molecule has 0 saturated carbocycles. The van der Waals surface area contributed by atoms with Crippen molar-refractivity contribution in [2.45, 2.75) is 23.2 Å². The van der Waals surface area contributed by atoms with Gasteiger partial charge < -0.3 is 9.47 Å². The molecule has 0 bridgehead atoms. The van der Waals surface area contributed by atoms with Crippen molar-refractivity contribution in [3.05, 3.63) is 60.2 Å². The molecule has 7 nitrogen and oxygen atoms in total. The fourth-order valence-corrected chi connectivity index (χ4v) is 4.04. The molecule has 1 aliphatic heterocycles. The molecule has 1 atom stereocenters. The highest BCUT2D eigenvalue weighted by atomic mass is 127.